The van der Waals surface area contributed by atoms with Gasteiger partial charge >= 0.3 is 26.4 Å². The van der Waals surface area contributed by atoms with Crippen LogP contribution in [0.15, 0.2) is 326 Å². The van der Waals surface area contributed by atoms with Crippen molar-refractivity contribution >= 4 is 115 Å². The van der Waals surface area contributed by atoms with Gasteiger partial charge in [-0.3, -0.25) is 13.3 Å². The topological polar surface area (TPSA) is 77.0 Å². The zero-order valence-electron chi connectivity index (χ0n) is 52.0. The fourth-order valence-electron chi connectivity index (χ4n) is 14.2. The van der Waals surface area contributed by atoms with Crippen molar-refractivity contribution < 1.29 is 13.3 Å². The molecular weight excluding hydrogens is 1190 g/mol. The van der Waals surface area contributed by atoms with Crippen molar-refractivity contribution in [2.75, 3.05) is 9.80 Å². The first kappa shape index (κ1) is 56.5. The van der Waals surface area contributed by atoms with Gasteiger partial charge in [0.25, 0.3) is 0 Å². The van der Waals surface area contributed by atoms with E-state index < -0.39 is 7.26 Å². The van der Waals surface area contributed by atoms with E-state index in [0.29, 0.717) is 22.4 Å². The Morgan fingerprint density at radius 2 is 0.825 bits per heavy atom. The van der Waals surface area contributed by atoms with E-state index in [0.717, 1.165) is 123 Å². The van der Waals surface area contributed by atoms with Gasteiger partial charge in [-0.2, -0.15) is 5.26 Å². The van der Waals surface area contributed by atoms with Crippen LogP contribution in [0.2, 0.25) is 0 Å². The number of pyridine rings is 2. The Bertz CT molecular complexity index is 6030. The molecule has 0 N–H and O–H groups in total. The van der Waals surface area contributed by atoms with Crippen LogP contribution < -0.4 is 29.7 Å². The van der Waals surface area contributed by atoms with Crippen LogP contribution >= 0.6 is 0 Å². The Hall–Kier alpha value is -13.2. The molecule has 0 fully saturated rings. The van der Waals surface area contributed by atoms with Gasteiger partial charge in [0.1, 0.15) is 0 Å². The lowest BCUT2D eigenvalue weighted by molar-refractivity contribution is -0.535. The summed E-state index contributed by atoms with van der Waals surface area (Å²) in [5.74, 6) is 1.40. The number of rotatable bonds is 12. The molecule has 0 amide bonds. The van der Waals surface area contributed by atoms with Crippen molar-refractivity contribution in [1.29, 1.82) is 5.26 Å². The molecule has 18 rings (SSSR count). The number of hydrogen-bond acceptors (Lipinski definition) is 5. The number of fused-ring (bicyclic) bond motifs is 8. The van der Waals surface area contributed by atoms with Crippen LogP contribution in [0.4, 0.5) is 50.1 Å². The first-order valence-corrected chi connectivity index (χ1v) is 32.1. The molecule has 16 aromatic rings. The molecule has 13 heteroatoms. The second kappa shape index (κ2) is 23.1. The van der Waals surface area contributed by atoms with Gasteiger partial charge in [-0.25, -0.2) is 9.32 Å². The molecule has 2 aliphatic rings. The number of allylic oxidation sites excluding steroid dienone is 1. The predicted molar refractivity (Wildman–Crippen MR) is 389 cm³/mol. The van der Waals surface area contributed by atoms with Crippen LogP contribution in [0.25, 0.3) is 104 Å². The van der Waals surface area contributed by atoms with Gasteiger partial charge in [-0.05, 0) is 174 Å². The van der Waals surface area contributed by atoms with Gasteiger partial charge in [-0.15, -0.1) is 0 Å². The van der Waals surface area contributed by atoms with Crippen LogP contribution in [-0.2, 0) is 0 Å². The molecule has 1 radical (unpaired) electrons. The van der Waals surface area contributed by atoms with E-state index in [9.17, 15) is 5.26 Å². The summed E-state index contributed by atoms with van der Waals surface area (Å²) in [7, 11) is 0.628. The summed E-state index contributed by atoms with van der Waals surface area (Å²) in [6, 6.07) is 106. The standard InChI is InChI=1S/C84H52B2FN10/c1-89-82(64-34-48-72(49-35-64)95(68-40-26-58(27-41-68)56-14-6-3-7-15-56)69-42-28-59(29-43-69)65-36-50-78-90-83-73-20-8-16-62-18-10-22-76(80(62)73)96(83)85-92(78)53-65)75(52-88)61-32-46-71(47-33-61)94(67-38-24-57(25-39-67)55-12-4-2-5-13-55)70-44-30-60(31-45-70)66-37-51-79-91-84-74-21-9-17-63-19-11-23-77(81(63)74)97(84)86(87)93(79)54-66/h2-51,53-54H/q+2/b82-75-. The van der Waals surface area contributed by atoms with E-state index in [4.69, 9.17) is 16.6 Å². The average molecular weight is 1240 g/mol. The monoisotopic (exact) mass is 1240 g/mol. The lowest BCUT2D eigenvalue weighted by Crippen LogP contribution is -2.58. The minimum atomic E-state index is -1.50. The number of halogens is 1. The summed E-state index contributed by atoms with van der Waals surface area (Å²) < 4.78 is 24.5. The fraction of sp³-hybridized carbons (Fsp3) is 0. The highest BCUT2D eigenvalue weighted by atomic mass is 19.1. The third-order valence-electron chi connectivity index (χ3n) is 18.9. The molecule has 0 bridgehead atoms. The second-order valence-corrected chi connectivity index (χ2v) is 24.4. The number of anilines is 6. The summed E-state index contributed by atoms with van der Waals surface area (Å²) in [5, 5.41) is 17.5. The van der Waals surface area contributed by atoms with Crippen molar-refractivity contribution in [3.8, 4) is 50.6 Å². The molecule has 97 heavy (non-hydrogen) atoms. The summed E-state index contributed by atoms with van der Waals surface area (Å²) in [4.78, 5) is 18.6. The molecule has 0 atom stereocenters. The van der Waals surface area contributed by atoms with Crippen molar-refractivity contribution in [2.24, 2.45) is 9.98 Å². The van der Waals surface area contributed by atoms with E-state index >= 15 is 4.32 Å². The van der Waals surface area contributed by atoms with Gasteiger partial charge in [-0.1, -0.05) is 182 Å². The van der Waals surface area contributed by atoms with Crippen molar-refractivity contribution in [3.05, 3.63) is 349 Å². The lowest BCUT2D eigenvalue weighted by Gasteiger charge is -2.26. The molecule has 6 heterocycles. The van der Waals surface area contributed by atoms with Gasteiger partial charge < -0.3 is 14.3 Å². The second-order valence-electron chi connectivity index (χ2n) is 24.4. The molecule has 0 saturated heterocycles. The maximum Gasteiger partial charge on any atom is 0.727 e. The third-order valence-corrected chi connectivity index (χ3v) is 18.9. The van der Waals surface area contributed by atoms with Crippen LogP contribution in [0.3, 0.4) is 0 Å². The minimum Gasteiger partial charge on any atom is -0.311 e. The number of hydrogen-bond donors (Lipinski definition) is 0. The van der Waals surface area contributed by atoms with Crippen LogP contribution in [-0.4, -0.2) is 23.8 Å². The zero-order valence-corrected chi connectivity index (χ0v) is 52.0. The molecule has 0 saturated carbocycles. The molecule has 0 aliphatic carbocycles. The van der Waals surface area contributed by atoms with E-state index in [1.807, 2.05) is 115 Å². The Labute approximate surface area is 559 Å². The number of nitrogens with zero attached hydrogens (tertiary/aromatic N) is 10. The quantitative estimate of drug-likeness (QED) is 0.0529. The van der Waals surface area contributed by atoms with Gasteiger partial charge in [0.2, 0.25) is 16.7 Å². The van der Waals surface area contributed by atoms with Crippen LogP contribution in [0, 0.1) is 17.9 Å². The first-order chi connectivity index (χ1) is 47.9. The summed E-state index contributed by atoms with van der Waals surface area (Å²) in [6.07, 6.45) is 3.98. The molecule has 449 valence electrons. The average Bonchev–Trinajstić information content (AvgIpc) is 1.59. The molecule has 4 aromatic heterocycles. The fourth-order valence-corrected chi connectivity index (χ4v) is 14.2. The normalized spacial score (nSPS) is 12.3. The largest absolute Gasteiger partial charge is 0.727 e. The van der Waals surface area contributed by atoms with E-state index in [1.165, 1.54) is 10.8 Å². The van der Waals surface area contributed by atoms with Crippen LogP contribution in [0.5, 0.6) is 0 Å². The van der Waals surface area contributed by atoms with Gasteiger partial charge in [0.05, 0.1) is 41.4 Å². The Morgan fingerprint density at radius 1 is 0.423 bits per heavy atom. The Kier molecular flexibility index (Phi) is 13.5. The molecule has 2 aliphatic heterocycles. The van der Waals surface area contributed by atoms with Gasteiger partial charge in [0, 0.05) is 79.2 Å². The predicted octanol–water partition coefficient (Wildman–Crippen LogP) is 18.6. The van der Waals surface area contributed by atoms with E-state index in [2.05, 4.69) is 238 Å². The molecular formula is C84H52B2FN10+2. The third kappa shape index (κ3) is 9.63. The molecule has 0 spiro atoms. The molecule has 12 aromatic carbocycles. The highest BCUT2D eigenvalue weighted by molar-refractivity contribution is 6.42. The molecule has 0 unspecified atom stereocenters. The van der Waals surface area contributed by atoms with E-state index in [-0.39, 0.29) is 11.3 Å². The van der Waals surface area contributed by atoms with Gasteiger partial charge in [0.15, 0.2) is 0 Å². The Balaban J connectivity index is 0.650. The number of nitriles is 1. The molecule has 10 nitrogen and oxygen atoms in total. The summed E-state index contributed by atoms with van der Waals surface area (Å²) in [5.41, 5.74) is 19.0. The first-order valence-electron chi connectivity index (χ1n) is 32.1. The highest BCUT2D eigenvalue weighted by Crippen LogP contribution is 2.42. The minimum absolute atomic E-state index is 0.247. The number of aromatic nitrogens is 4. The van der Waals surface area contributed by atoms with Crippen molar-refractivity contribution in [1.82, 2.24) is 8.96 Å². The highest BCUT2D eigenvalue weighted by Gasteiger charge is 2.40. The van der Waals surface area contributed by atoms with Crippen molar-refractivity contribution in [3.63, 3.8) is 0 Å². The summed E-state index contributed by atoms with van der Waals surface area (Å²) in [6.45, 7) is 8.59. The SMILES string of the molecule is [C-]#[N+]/C(=C(/C#N)c1ccc(N(c2ccc(-c3ccccc3)cc2)c2ccc(-c3ccc4[n+](c3)B(F)n3c(c5cccc6cccc3c65)=N4)cc2)cc1)c1ccc(N(c2ccc(-c3ccccc3)cc2)c2ccc(-c3ccc4[n+](c3)[B]n3c(c5cccc6cccc3c65)=N4)cc2)cc1. The smallest absolute Gasteiger partial charge is 0.311 e. The Morgan fingerprint density at radius 3 is 1.33 bits per heavy atom. The number of benzene rings is 12. The van der Waals surface area contributed by atoms with E-state index in [1.54, 1.807) is 8.96 Å². The van der Waals surface area contributed by atoms with Crippen LogP contribution in [0.1, 0.15) is 11.1 Å². The summed E-state index contributed by atoms with van der Waals surface area (Å²) >= 11 is 0. The zero-order chi connectivity index (χ0) is 64.7. The van der Waals surface area contributed by atoms with Crippen molar-refractivity contribution in [2.45, 2.75) is 0 Å². The maximum absolute atomic E-state index is 16.9. The lowest BCUT2D eigenvalue weighted by atomic mass is 9.99. The maximum atomic E-state index is 16.9.